The highest BCUT2D eigenvalue weighted by atomic mass is 127. The van der Waals surface area contributed by atoms with E-state index in [1.807, 2.05) is 24.7 Å². The molecule has 0 saturated heterocycles. The highest BCUT2D eigenvalue weighted by molar-refractivity contribution is 14.2. The van der Waals surface area contributed by atoms with Crippen molar-refractivity contribution in [2.24, 2.45) is 0 Å². The number of benzene rings is 1. The molecular formula is C12H12FIN2S. The summed E-state index contributed by atoms with van der Waals surface area (Å²) in [6, 6.07) is 6.69. The van der Waals surface area contributed by atoms with E-state index in [0.717, 1.165) is 5.69 Å². The van der Waals surface area contributed by atoms with Crippen molar-refractivity contribution in [2.75, 3.05) is 0 Å². The summed E-state index contributed by atoms with van der Waals surface area (Å²) in [5.74, 6) is -0.281. The molecule has 0 aliphatic rings. The summed E-state index contributed by atoms with van der Waals surface area (Å²) < 4.78 is 15.4. The highest BCUT2D eigenvalue weighted by Crippen LogP contribution is 2.31. The van der Waals surface area contributed by atoms with Crippen LogP contribution in [0.4, 0.5) is 4.39 Å². The van der Waals surface area contributed by atoms with Crippen LogP contribution in [0.1, 0.15) is 25.1 Å². The summed E-state index contributed by atoms with van der Waals surface area (Å²) >= 11 is 2.12. The number of halogens is 2. The summed E-state index contributed by atoms with van der Waals surface area (Å²) in [6.07, 6.45) is 0. The molecule has 0 radical (unpaired) electrons. The molecule has 0 bridgehead atoms. The topological polar surface area (TPSA) is 28.7 Å². The second-order valence-corrected chi connectivity index (χ2v) is 4.80. The van der Waals surface area contributed by atoms with Crippen LogP contribution in [-0.4, -0.2) is 3.97 Å². The van der Waals surface area contributed by atoms with Gasteiger partial charge in [-0.25, -0.2) is 4.39 Å². The maximum absolute atomic E-state index is 13.5. The van der Waals surface area contributed by atoms with Crippen molar-refractivity contribution in [1.82, 2.24) is 3.97 Å². The van der Waals surface area contributed by atoms with Gasteiger partial charge in [-0.05, 0) is 25.1 Å². The van der Waals surface area contributed by atoms with E-state index in [0.29, 0.717) is 16.5 Å². The van der Waals surface area contributed by atoms with Crippen LogP contribution in [0.25, 0.3) is 10.9 Å². The fourth-order valence-corrected chi connectivity index (χ4v) is 3.51. The summed E-state index contributed by atoms with van der Waals surface area (Å²) in [7, 11) is 1.44. The Kier molecular flexibility index (Phi) is 5.28. The number of aryl methyl sites for hydroxylation is 1. The number of rotatable bonds is 1. The molecule has 0 amide bonds. The largest absolute Gasteiger partial charge is 0.278 e. The first-order chi connectivity index (χ1) is 8.19. The van der Waals surface area contributed by atoms with E-state index in [1.165, 1.54) is 21.3 Å². The Bertz CT molecular complexity index is 572. The molecule has 0 aliphatic heterocycles. The van der Waals surface area contributed by atoms with E-state index in [1.54, 1.807) is 6.07 Å². The summed E-state index contributed by atoms with van der Waals surface area (Å²) in [4.78, 5) is 0. The van der Waals surface area contributed by atoms with Gasteiger partial charge in [-0.3, -0.25) is 3.97 Å². The van der Waals surface area contributed by atoms with Crippen molar-refractivity contribution in [3.05, 3.63) is 35.3 Å². The second kappa shape index (κ2) is 6.26. The minimum Gasteiger partial charge on any atom is -0.278 e. The Hall–Kier alpha value is -0.740. The van der Waals surface area contributed by atoms with Gasteiger partial charge in [0.05, 0.1) is 11.1 Å². The maximum Gasteiger partial charge on any atom is 0.132 e. The Labute approximate surface area is 117 Å². The van der Waals surface area contributed by atoms with Gasteiger partial charge in [0.25, 0.3) is 0 Å². The van der Waals surface area contributed by atoms with Gasteiger partial charge in [0.15, 0.2) is 0 Å². The van der Waals surface area contributed by atoms with Crippen LogP contribution in [0.3, 0.4) is 0 Å². The summed E-state index contributed by atoms with van der Waals surface area (Å²) in [5.41, 5.74) is 2.10. The average molecular weight is 362 g/mol. The van der Waals surface area contributed by atoms with Crippen molar-refractivity contribution in [2.45, 2.75) is 20.8 Å². The Morgan fingerprint density at radius 2 is 2.06 bits per heavy atom. The summed E-state index contributed by atoms with van der Waals surface area (Å²) in [6.45, 7) is 5.90. The van der Waals surface area contributed by atoms with Gasteiger partial charge in [-0.2, -0.15) is 5.26 Å². The van der Waals surface area contributed by atoms with Crippen molar-refractivity contribution in [3.8, 4) is 6.07 Å². The van der Waals surface area contributed by atoms with Crippen LogP contribution in [0.5, 0.6) is 0 Å². The molecule has 17 heavy (non-hydrogen) atoms. The first-order valence-electron chi connectivity index (χ1n) is 5.18. The van der Waals surface area contributed by atoms with E-state index in [2.05, 4.69) is 27.3 Å². The van der Waals surface area contributed by atoms with Gasteiger partial charge in [-0.15, -0.1) is 0 Å². The molecule has 0 unspecified atom stereocenters. The van der Waals surface area contributed by atoms with E-state index in [-0.39, 0.29) is 5.82 Å². The zero-order valence-electron chi connectivity index (χ0n) is 9.79. The Balaban J connectivity index is 0.000000686. The molecule has 0 fully saturated rings. The third-order valence-electron chi connectivity index (χ3n) is 2.23. The van der Waals surface area contributed by atoms with Gasteiger partial charge in [0.2, 0.25) is 0 Å². The normalized spacial score (nSPS) is 9.65. The van der Waals surface area contributed by atoms with Crippen molar-refractivity contribution >= 4 is 41.2 Å². The highest BCUT2D eigenvalue weighted by Gasteiger charge is 2.13. The standard InChI is InChI=1S/C10H6FIN2S.C2H6/c1-6-4-8-9(11)3-2-7(5-13)10(8)14(6)15-12;1-2/h2-4H,1H3;1-2H3. The monoisotopic (exact) mass is 362 g/mol. The zero-order valence-corrected chi connectivity index (χ0v) is 12.8. The van der Waals surface area contributed by atoms with E-state index >= 15 is 0 Å². The molecule has 1 heterocycles. The van der Waals surface area contributed by atoms with Gasteiger partial charge in [-0.1, -0.05) is 13.8 Å². The van der Waals surface area contributed by atoms with Crippen LogP contribution < -0.4 is 0 Å². The molecule has 0 saturated carbocycles. The molecule has 0 N–H and O–H groups in total. The maximum atomic E-state index is 13.5. The molecule has 1 aromatic carbocycles. The molecular weight excluding hydrogens is 350 g/mol. The third-order valence-corrected chi connectivity index (χ3v) is 4.02. The quantitative estimate of drug-likeness (QED) is 0.680. The van der Waals surface area contributed by atoms with Gasteiger partial charge in [0.1, 0.15) is 11.9 Å². The lowest BCUT2D eigenvalue weighted by Gasteiger charge is -2.02. The first kappa shape index (κ1) is 14.3. The lowest BCUT2D eigenvalue weighted by Crippen LogP contribution is -1.89. The Morgan fingerprint density at radius 1 is 1.41 bits per heavy atom. The van der Waals surface area contributed by atoms with E-state index < -0.39 is 0 Å². The third kappa shape index (κ3) is 2.58. The number of fused-ring (bicyclic) bond motifs is 1. The molecule has 2 nitrogen and oxygen atoms in total. The minimum absolute atomic E-state index is 0.281. The molecule has 0 aliphatic carbocycles. The molecule has 2 rings (SSSR count). The van der Waals surface area contributed by atoms with Crippen LogP contribution in [0.15, 0.2) is 18.2 Å². The molecule has 5 heteroatoms. The molecule has 2 aromatic rings. The number of aromatic nitrogens is 1. The first-order valence-corrected chi connectivity index (χ1v) is 8.50. The minimum atomic E-state index is -0.281. The molecule has 0 spiro atoms. The van der Waals surface area contributed by atoms with Gasteiger partial charge in [0, 0.05) is 41.4 Å². The zero-order chi connectivity index (χ0) is 13.0. The number of hydrogen-bond acceptors (Lipinski definition) is 2. The average Bonchev–Trinajstić information content (AvgIpc) is 2.70. The number of nitrogens with zero attached hydrogens (tertiary/aromatic N) is 2. The van der Waals surface area contributed by atoms with Crippen LogP contribution in [0, 0.1) is 24.1 Å². The Morgan fingerprint density at radius 3 is 2.59 bits per heavy atom. The predicted octanol–water partition coefficient (Wildman–Crippen LogP) is 4.83. The van der Waals surface area contributed by atoms with Crippen LogP contribution >= 0.6 is 30.3 Å². The van der Waals surface area contributed by atoms with Crippen LogP contribution in [0.2, 0.25) is 0 Å². The number of nitriles is 1. The second-order valence-electron chi connectivity index (χ2n) is 3.12. The fourth-order valence-electron chi connectivity index (χ4n) is 1.56. The van der Waals surface area contributed by atoms with E-state index in [9.17, 15) is 4.39 Å². The number of hydrogen-bond donors (Lipinski definition) is 0. The van der Waals surface area contributed by atoms with Crippen LogP contribution in [-0.2, 0) is 0 Å². The van der Waals surface area contributed by atoms with Crippen molar-refractivity contribution < 1.29 is 4.39 Å². The van der Waals surface area contributed by atoms with Crippen molar-refractivity contribution in [3.63, 3.8) is 0 Å². The molecule has 1 aromatic heterocycles. The predicted molar refractivity (Wildman–Crippen MR) is 79.7 cm³/mol. The van der Waals surface area contributed by atoms with Crippen molar-refractivity contribution in [1.29, 1.82) is 5.26 Å². The lowest BCUT2D eigenvalue weighted by atomic mass is 10.1. The molecule has 90 valence electrons. The molecule has 0 atom stereocenters. The fraction of sp³-hybridized carbons (Fsp3) is 0.250. The lowest BCUT2D eigenvalue weighted by molar-refractivity contribution is 0.640. The van der Waals surface area contributed by atoms with Gasteiger partial charge < -0.3 is 0 Å². The smallest absolute Gasteiger partial charge is 0.132 e. The summed E-state index contributed by atoms with van der Waals surface area (Å²) in [5, 5.41) is 9.47. The van der Waals surface area contributed by atoms with Gasteiger partial charge >= 0.3 is 0 Å². The van der Waals surface area contributed by atoms with E-state index in [4.69, 9.17) is 5.26 Å². The SMILES string of the molecule is CC.Cc1cc2c(F)ccc(C#N)c2n1SI.